The summed E-state index contributed by atoms with van der Waals surface area (Å²) in [5, 5.41) is 3.17. The second-order valence-corrected chi connectivity index (χ2v) is 7.46. The fourth-order valence-electron chi connectivity index (χ4n) is 3.23. The first-order valence-electron chi connectivity index (χ1n) is 8.43. The van der Waals surface area contributed by atoms with Crippen LogP contribution in [0.25, 0.3) is 0 Å². The molecule has 4 amide bonds. The van der Waals surface area contributed by atoms with Gasteiger partial charge in [0.05, 0.1) is 23.4 Å². The molecule has 0 radical (unpaired) electrons. The number of hydrogen-bond donors (Lipinski definition) is 1. The molecule has 0 saturated carbocycles. The molecule has 8 nitrogen and oxygen atoms in total. The summed E-state index contributed by atoms with van der Waals surface area (Å²) in [6.45, 7) is 1.95. The molecule has 1 N–H and O–H groups in total. The molecule has 3 heterocycles. The van der Waals surface area contributed by atoms with Crippen LogP contribution in [0, 0.1) is 0 Å². The molecule has 2 aliphatic heterocycles. The van der Waals surface area contributed by atoms with E-state index in [1.807, 2.05) is 0 Å². The number of rotatable bonds is 3. The number of fused-ring (bicyclic) bond motifs is 2. The van der Waals surface area contributed by atoms with Crippen molar-refractivity contribution in [2.24, 2.45) is 0 Å². The largest absolute Gasteiger partial charge is 0.336 e. The van der Waals surface area contributed by atoms with E-state index in [1.54, 1.807) is 29.2 Å². The van der Waals surface area contributed by atoms with Crippen molar-refractivity contribution in [2.45, 2.75) is 19.9 Å². The normalized spacial score (nSPS) is 15.6. The topological polar surface area (TPSA) is 99.7 Å². The number of imide groups is 1. The van der Waals surface area contributed by atoms with Gasteiger partial charge in [-0.1, -0.05) is 23.5 Å². The fourth-order valence-corrected chi connectivity index (χ4v) is 4.30. The van der Waals surface area contributed by atoms with Crippen LogP contribution in [-0.4, -0.2) is 51.5 Å². The average Bonchev–Trinajstić information content (AvgIpc) is 3.14. The van der Waals surface area contributed by atoms with Crippen LogP contribution in [0.5, 0.6) is 0 Å². The third kappa shape index (κ3) is 3.10. The summed E-state index contributed by atoms with van der Waals surface area (Å²) in [7, 11) is 0. The molecule has 4 rings (SSSR count). The predicted octanol–water partition coefficient (Wildman–Crippen LogP) is 1.28. The lowest BCUT2D eigenvalue weighted by Gasteiger charge is -2.27. The minimum absolute atomic E-state index is 0.195. The van der Waals surface area contributed by atoms with Gasteiger partial charge in [0.15, 0.2) is 5.13 Å². The standard InChI is InChI=1S/C18H16N4O4S/c1-10(23)19-18-20-13-6-7-21(8-14(13)27-18)15(24)9-22-16(25)11-4-2-3-5-12(11)17(22)26/h2-5H,6-9H2,1H3,(H,19,20,23). The van der Waals surface area contributed by atoms with Crippen molar-refractivity contribution in [1.29, 1.82) is 0 Å². The molecule has 2 aliphatic rings. The van der Waals surface area contributed by atoms with Gasteiger partial charge in [0.2, 0.25) is 11.8 Å². The second-order valence-electron chi connectivity index (χ2n) is 6.38. The lowest BCUT2D eigenvalue weighted by Crippen LogP contribution is -2.44. The Labute approximate surface area is 158 Å². The van der Waals surface area contributed by atoms with Crippen LogP contribution in [-0.2, 0) is 22.6 Å². The summed E-state index contributed by atoms with van der Waals surface area (Å²) in [5.74, 6) is -1.36. The molecule has 9 heteroatoms. The summed E-state index contributed by atoms with van der Waals surface area (Å²) in [6.07, 6.45) is 0.569. The highest BCUT2D eigenvalue weighted by Gasteiger charge is 2.37. The second kappa shape index (κ2) is 6.58. The quantitative estimate of drug-likeness (QED) is 0.804. The highest BCUT2D eigenvalue weighted by atomic mass is 32.1. The Morgan fingerprint density at radius 3 is 2.48 bits per heavy atom. The minimum atomic E-state index is -0.438. The van der Waals surface area contributed by atoms with E-state index >= 15 is 0 Å². The van der Waals surface area contributed by atoms with Crippen molar-refractivity contribution in [3.63, 3.8) is 0 Å². The van der Waals surface area contributed by atoms with Gasteiger partial charge in [-0.15, -0.1) is 0 Å². The van der Waals surface area contributed by atoms with Gasteiger partial charge in [-0.05, 0) is 12.1 Å². The summed E-state index contributed by atoms with van der Waals surface area (Å²) >= 11 is 1.33. The number of amides is 4. The lowest BCUT2D eigenvalue weighted by atomic mass is 10.1. The van der Waals surface area contributed by atoms with Crippen molar-refractivity contribution in [1.82, 2.24) is 14.8 Å². The number of benzene rings is 1. The number of thiazole rings is 1. The molecule has 27 heavy (non-hydrogen) atoms. The van der Waals surface area contributed by atoms with Gasteiger partial charge < -0.3 is 10.2 Å². The fraction of sp³-hybridized carbons (Fsp3) is 0.278. The highest BCUT2D eigenvalue weighted by molar-refractivity contribution is 7.15. The van der Waals surface area contributed by atoms with E-state index in [2.05, 4.69) is 10.3 Å². The van der Waals surface area contributed by atoms with Crippen LogP contribution < -0.4 is 5.32 Å². The average molecular weight is 384 g/mol. The monoisotopic (exact) mass is 384 g/mol. The molecule has 0 fully saturated rings. The van der Waals surface area contributed by atoms with Gasteiger partial charge in [-0.2, -0.15) is 0 Å². The van der Waals surface area contributed by atoms with Crippen LogP contribution >= 0.6 is 11.3 Å². The van der Waals surface area contributed by atoms with Crippen molar-refractivity contribution >= 4 is 40.1 Å². The minimum Gasteiger partial charge on any atom is -0.336 e. The maximum Gasteiger partial charge on any atom is 0.262 e. The maximum absolute atomic E-state index is 12.7. The van der Waals surface area contributed by atoms with Gasteiger partial charge in [-0.25, -0.2) is 4.98 Å². The Bertz CT molecular complexity index is 948. The Morgan fingerprint density at radius 2 is 1.85 bits per heavy atom. The van der Waals surface area contributed by atoms with Crippen LogP contribution in [0.4, 0.5) is 5.13 Å². The first-order valence-corrected chi connectivity index (χ1v) is 9.25. The molecule has 0 atom stereocenters. The summed E-state index contributed by atoms with van der Waals surface area (Å²) in [5.41, 5.74) is 1.53. The van der Waals surface area contributed by atoms with E-state index in [0.29, 0.717) is 35.8 Å². The number of aromatic nitrogens is 1. The van der Waals surface area contributed by atoms with Crippen LogP contribution in [0.1, 0.15) is 38.2 Å². The lowest BCUT2D eigenvalue weighted by molar-refractivity contribution is -0.132. The van der Waals surface area contributed by atoms with Crippen LogP contribution in [0.3, 0.4) is 0 Å². The molecular formula is C18H16N4O4S. The summed E-state index contributed by atoms with van der Waals surface area (Å²) in [6, 6.07) is 6.57. The van der Waals surface area contributed by atoms with Gasteiger partial charge in [0.25, 0.3) is 11.8 Å². The van der Waals surface area contributed by atoms with Gasteiger partial charge in [0, 0.05) is 24.8 Å². The molecule has 0 bridgehead atoms. The smallest absolute Gasteiger partial charge is 0.262 e. The number of hydrogen-bond acceptors (Lipinski definition) is 6. The first kappa shape index (κ1) is 17.3. The summed E-state index contributed by atoms with van der Waals surface area (Å²) < 4.78 is 0. The third-order valence-corrected chi connectivity index (χ3v) is 5.54. The van der Waals surface area contributed by atoms with E-state index in [1.165, 1.54) is 18.3 Å². The van der Waals surface area contributed by atoms with Crippen LogP contribution in [0.15, 0.2) is 24.3 Å². The molecule has 1 aromatic heterocycles. The van der Waals surface area contributed by atoms with Gasteiger partial charge in [-0.3, -0.25) is 24.1 Å². The molecule has 2 aromatic rings. The Balaban J connectivity index is 1.46. The number of carbonyl (C=O) groups is 4. The van der Waals surface area contributed by atoms with Crippen molar-refractivity contribution in [3.8, 4) is 0 Å². The van der Waals surface area contributed by atoms with E-state index in [-0.39, 0.29) is 18.4 Å². The van der Waals surface area contributed by atoms with E-state index in [9.17, 15) is 19.2 Å². The van der Waals surface area contributed by atoms with Crippen molar-refractivity contribution < 1.29 is 19.2 Å². The molecule has 138 valence electrons. The zero-order valence-corrected chi connectivity index (χ0v) is 15.3. The maximum atomic E-state index is 12.7. The molecular weight excluding hydrogens is 368 g/mol. The highest BCUT2D eigenvalue weighted by Crippen LogP contribution is 2.29. The molecule has 0 unspecified atom stereocenters. The molecule has 0 spiro atoms. The number of carbonyl (C=O) groups excluding carboxylic acids is 4. The van der Waals surface area contributed by atoms with Crippen molar-refractivity contribution in [2.75, 3.05) is 18.4 Å². The number of nitrogens with one attached hydrogen (secondary N) is 1. The van der Waals surface area contributed by atoms with E-state index in [0.717, 1.165) is 15.5 Å². The molecule has 1 aromatic carbocycles. The van der Waals surface area contributed by atoms with Gasteiger partial charge in [0.1, 0.15) is 6.54 Å². The SMILES string of the molecule is CC(=O)Nc1nc2c(s1)CN(C(=O)CN1C(=O)c3ccccc3C1=O)CC2. The van der Waals surface area contributed by atoms with E-state index < -0.39 is 11.8 Å². The Morgan fingerprint density at radius 1 is 1.19 bits per heavy atom. The number of nitrogens with zero attached hydrogens (tertiary/aromatic N) is 3. The third-order valence-electron chi connectivity index (χ3n) is 4.54. The Hall–Kier alpha value is -3.07. The van der Waals surface area contributed by atoms with Gasteiger partial charge >= 0.3 is 0 Å². The predicted molar refractivity (Wildman–Crippen MR) is 97.3 cm³/mol. The zero-order valence-electron chi connectivity index (χ0n) is 14.5. The molecule has 0 aliphatic carbocycles. The molecule has 0 saturated heterocycles. The zero-order chi connectivity index (χ0) is 19.1. The van der Waals surface area contributed by atoms with Crippen molar-refractivity contribution in [3.05, 3.63) is 46.0 Å². The Kier molecular flexibility index (Phi) is 4.23. The first-order chi connectivity index (χ1) is 12.9. The van der Waals surface area contributed by atoms with Crippen LogP contribution in [0.2, 0.25) is 0 Å². The van der Waals surface area contributed by atoms with E-state index in [4.69, 9.17) is 0 Å². The summed E-state index contributed by atoms with van der Waals surface area (Å²) in [4.78, 5) is 56.6. The number of anilines is 1.